The standard InChI is InChI=1S/C32H35N3O4/c1-24-22-31(36)23-34(24)32(37)4-3-21-33(2)29-17-13-27(14-18-29)11-9-25-5-7-26(8-6-25)10-12-28-15-19-30(20-16-28)35(38)39/h5-20,24,31,36H,3-4,21-23H2,1-2H3/b11-9+,12-10+/t24-,31-/m1/s1/i1D. The summed E-state index contributed by atoms with van der Waals surface area (Å²) in [7, 11) is 2.01. The lowest BCUT2D eigenvalue weighted by Crippen LogP contribution is -2.34. The second kappa shape index (κ2) is 13.0. The summed E-state index contributed by atoms with van der Waals surface area (Å²) in [6, 6.07) is 22.7. The van der Waals surface area contributed by atoms with Crippen LogP contribution in [0, 0.1) is 10.1 Å². The molecule has 0 unspecified atom stereocenters. The lowest BCUT2D eigenvalue weighted by atomic mass is 10.1. The molecule has 2 atom stereocenters. The van der Waals surface area contributed by atoms with Gasteiger partial charge in [-0.2, -0.15) is 0 Å². The van der Waals surface area contributed by atoms with Crippen LogP contribution in [0.3, 0.4) is 0 Å². The maximum absolute atomic E-state index is 12.5. The molecule has 0 aliphatic carbocycles. The summed E-state index contributed by atoms with van der Waals surface area (Å²) in [6.07, 6.45) is 9.17. The number of hydrogen-bond donors (Lipinski definition) is 1. The molecule has 4 rings (SSSR count). The maximum Gasteiger partial charge on any atom is 0.269 e. The predicted molar refractivity (Wildman–Crippen MR) is 158 cm³/mol. The monoisotopic (exact) mass is 526 g/mol. The summed E-state index contributed by atoms with van der Waals surface area (Å²) in [5, 5.41) is 20.6. The number of carbonyl (C=O) groups excluding carboxylic acids is 1. The molecule has 0 bridgehead atoms. The largest absolute Gasteiger partial charge is 0.391 e. The lowest BCUT2D eigenvalue weighted by Gasteiger charge is -2.23. The minimum Gasteiger partial charge on any atom is -0.391 e. The number of β-amino-alcohol motifs (C(OH)–C–C–N with tert-alkyl or cyclic N) is 1. The van der Waals surface area contributed by atoms with Crippen molar-refractivity contribution >= 4 is 41.6 Å². The van der Waals surface area contributed by atoms with E-state index >= 15 is 0 Å². The molecule has 7 nitrogen and oxygen atoms in total. The highest BCUT2D eigenvalue weighted by Crippen LogP contribution is 2.20. The quantitative estimate of drug-likeness (QED) is 0.195. The van der Waals surface area contributed by atoms with Crippen molar-refractivity contribution in [1.82, 2.24) is 4.90 Å². The van der Waals surface area contributed by atoms with Crippen LogP contribution in [0.4, 0.5) is 11.4 Å². The van der Waals surface area contributed by atoms with Crippen molar-refractivity contribution in [3.05, 3.63) is 105 Å². The van der Waals surface area contributed by atoms with Crippen molar-refractivity contribution in [1.29, 1.82) is 0 Å². The number of amides is 1. The van der Waals surface area contributed by atoms with E-state index in [-0.39, 0.29) is 24.5 Å². The van der Waals surface area contributed by atoms with Crippen molar-refractivity contribution < 1.29 is 16.2 Å². The Morgan fingerprint density at radius 3 is 1.95 bits per heavy atom. The molecule has 1 heterocycles. The van der Waals surface area contributed by atoms with Crippen molar-refractivity contribution in [3.8, 4) is 0 Å². The fourth-order valence-corrected chi connectivity index (χ4v) is 4.59. The van der Waals surface area contributed by atoms with Gasteiger partial charge in [-0.25, -0.2) is 0 Å². The van der Waals surface area contributed by atoms with Crippen LogP contribution in [0.5, 0.6) is 0 Å². The van der Waals surface area contributed by atoms with Gasteiger partial charge in [0.2, 0.25) is 5.91 Å². The second-order valence-electron chi connectivity index (χ2n) is 9.89. The lowest BCUT2D eigenvalue weighted by molar-refractivity contribution is -0.384. The number of nitro benzene ring substituents is 1. The van der Waals surface area contributed by atoms with Gasteiger partial charge in [-0.1, -0.05) is 60.7 Å². The van der Waals surface area contributed by atoms with E-state index < -0.39 is 11.0 Å². The fraction of sp³-hybridized carbons (Fsp3) is 0.281. The molecule has 3 aromatic rings. The molecule has 0 radical (unpaired) electrons. The molecule has 39 heavy (non-hydrogen) atoms. The first kappa shape index (κ1) is 26.4. The van der Waals surface area contributed by atoms with E-state index in [2.05, 4.69) is 41.3 Å². The Morgan fingerprint density at radius 1 is 0.974 bits per heavy atom. The number of rotatable bonds is 10. The summed E-state index contributed by atoms with van der Waals surface area (Å²) in [5.74, 6) is 0.0243. The average molecular weight is 527 g/mol. The minimum atomic E-state index is -0.507. The van der Waals surface area contributed by atoms with Crippen LogP contribution >= 0.6 is 0 Å². The zero-order valence-electron chi connectivity index (χ0n) is 23.1. The van der Waals surface area contributed by atoms with Crippen LogP contribution in [-0.4, -0.2) is 53.1 Å². The molecule has 0 aromatic heterocycles. The summed E-state index contributed by atoms with van der Waals surface area (Å²) >= 11 is 0. The molecule has 202 valence electrons. The Bertz CT molecular complexity index is 1340. The van der Waals surface area contributed by atoms with E-state index in [0.717, 1.165) is 34.5 Å². The predicted octanol–water partition coefficient (Wildman–Crippen LogP) is 6.13. The average Bonchev–Trinajstić information content (AvgIpc) is 3.36. The number of anilines is 1. The van der Waals surface area contributed by atoms with Crippen LogP contribution in [0.2, 0.25) is 0 Å². The fourth-order valence-electron chi connectivity index (χ4n) is 4.59. The minimum absolute atomic E-state index is 0.0243. The Balaban J connectivity index is 1.24. The van der Waals surface area contributed by atoms with Crippen molar-refractivity contribution in [2.75, 3.05) is 25.0 Å². The molecule has 0 spiro atoms. The summed E-state index contributed by atoms with van der Waals surface area (Å²) in [5.41, 5.74) is 5.27. The molecule has 1 N–H and O–H groups in total. The first-order chi connectivity index (χ1) is 19.3. The molecular weight excluding hydrogens is 490 g/mol. The molecule has 0 saturated carbocycles. The van der Waals surface area contributed by atoms with Crippen LogP contribution in [0.15, 0.2) is 72.8 Å². The Labute approximate surface area is 231 Å². The van der Waals surface area contributed by atoms with Gasteiger partial charge in [-0.3, -0.25) is 14.9 Å². The van der Waals surface area contributed by atoms with E-state index in [4.69, 9.17) is 1.37 Å². The SMILES string of the molecule is [2H]C[C@@H]1C[C@@H](O)CN1C(=O)CCCN(C)c1ccc(/C=C/c2ccc(/C=C/c3ccc([N+](=O)[O-])cc3)cc2)cc1. The molecule has 1 aliphatic heterocycles. The van der Waals surface area contributed by atoms with Gasteiger partial charge in [0.1, 0.15) is 0 Å². The topological polar surface area (TPSA) is 86.9 Å². The third-order valence-electron chi connectivity index (χ3n) is 6.91. The van der Waals surface area contributed by atoms with Gasteiger partial charge in [-0.15, -0.1) is 0 Å². The number of benzene rings is 3. The highest BCUT2D eigenvalue weighted by atomic mass is 16.6. The molecule has 3 aromatic carbocycles. The normalized spacial score (nSPS) is 17.6. The Hall–Kier alpha value is -4.23. The highest BCUT2D eigenvalue weighted by Gasteiger charge is 2.30. The third-order valence-corrected chi connectivity index (χ3v) is 6.91. The van der Waals surface area contributed by atoms with Crippen molar-refractivity contribution in [3.63, 3.8) is 0 Å². The first-order valence-corrected chi connectivity index (χ1v) is 13.1. The number of nitro groups is 1. The van der Waals surface area contributed by atoms with E-state index in [0.29, 0.717) is 25.8 Å². The van der Waals surface area contributed by atoms with Gasteiger partial charge in [0, 0.05) is 51.8 Å². The number of aliphatic hydroxyl groups is 1. The maximum atomic E-state index is 12.5. The van der Waals surface area contributed by atoms with Gasteiger partial charge in [0.05, 0.1) is 11.0 Å². The van der Waals surface area contributed by atoms with E-state index in [1.54, 1.807) is 17.0 Å². The number of aliphatic hydroxyl groups excluding tert-OH is 1. The zero-order chi connectivity index (χ0) is 28.5. The van der Waals surface area contributed by atoms with Gasteiger partial charge in [0.25, 0.3) is 5.69 Å². The van der Waals surface area contributed by atoms with E-state index in [9.17, 15) is 20.0 Å². The number of hydrogen-bond acceptors (Lipinski definition) is 5. The molecule has 1 amide bonds. The Kier molecular flexibility index (Phi) is 8.81. The van der Waals surface area contributed by atoms with Gasteiger partial charge in [0.15, 0.2) is 0 Å². The van der Waals surface area contributed by atoms with Crippen LogP contribution in [0.25, 0.3) is 24.3 Å². The number of nitrogens with zero attached hydrogens (tertiary/aromatic N) is 3. The molecule has 7 heteroatoms. The first-order valence-electron chi connectivity index (χ1n) is 13.8. The van der Waals surface area contributed by atoms with Crippen LogP contribution in [-0.2, 0) is 4.79 Å². The smallest absolute Gasteiger partial charge is 0.269 e. The van der Waals surface area contributed by atoms with E-state index in [1.807, 2.05) is 43.5 Å². The van der Waals surface area contributed by atoms with Gasteiger partial charge in [-0.05, 0) is 66.3 Å². The number of carbonyl (C=O) groups is 1. The van der Waals surface area contributed by atoms with Crippen LogP contribution in [0.1, 0.15) is 49.8 Å². The van der Waals surface area contributed by atoms with Gasteiger partial charge < -0.3 is 14.9 Å². The molecule has 1 fully saturated rings. The summed E-state index contributed by atoms with van der Waals surface area (Å²) in [4.78, 5) is 26.7. The van der Waals surface area contributed by atoms with Crippen molar-refractivity contribution in [2.24, 2.45) is 0 Å². The van der Waals surface area contributed by atoms with Crippen molar-refractivity contribution in [2.45, 2.75) is 38.3 Å². The zero-order valence-corrected chi connectivity index (χ0v) is 22.1. The number of likely N-dealkylation sites (tertiary alicyclic amines) is 1. The van der Waals surface area contributed by atoms with Gasteiger partial charge >= 0.3 is 0 Å². The summed E-state index contributed by atoms with van der Waals surface area (Å²) < 4.78 is 7.60. The van der Waals surface area contributed by atoms with Crippen LogP contribution < -0.4 is 4.90 Å². The second-order valence-corrected chi connectivity index (χ2v) is 9.89. The number of non-ortho nitro benzene ring substituents is 1. The molecule has 1 aliphatic rings. The van der Waals surface area contributed by atoms with E-state index in [1.165, 1.54) is 12.1 Å². The highest BCUT2D eigenvalue weighted by molar-refractivity contribution is 5.77. The molecule has 1 saturated heterocycles. The Morgan fingerprint density at radius 2 is 1.46 bits per heavy atom. The third kappa shape index (κ3) is 7.88. The molecular formula is C32H35N3O4. The summed E-state index contributed by atoms with van der Waals surface area (Å²) in [6.45, 7) is 1.23.